The van der Waals surface area contributed by atoms with Gasteiger partial charge in [-0.3, -0.25) is 4.79 Å². The summed E-state index contributed by atoms with van der Waals surface area (Å²) in [4.78, 5) is 37.5. The van der Waals surface area contributed by atoms with E-state index >= 15 is 0 Å². The molecule has 1 fully saturated rings. The lowest BCUT2D eigenvalue weighted by atomic mass is 9.89. The molecular formula is C19H27NO7S. The van der Waals surface area contributed by atoms with Gasteiger partial charge in [-0.15, -0.1) is 11.3 Å². The second-order valence-corrected chi connectivity index (χ2v) is 9.76. The van der Waals surface area contributed by atoms with Gasteiger partial charge in [0.15, 0.2) is 0 Å². The van der Waals surface area contributed by atoms with Crippen molar-refractivity contribution in [2.45, 2.75) is 71.5 Å². The SMILES string of the molecule is CC(C)(C)OC(=O)N[C@@H](c1cccs1)[C@@]1(CC(=O)O)O[C@H](C(C)(C)C)OC1=O. The van der Waals surface area contributed by atoms with Gasteiger partial charge in [-0.05, 0) is 32.2 Å². The normalized spacial score (nSPS) is 23.8. The van der Waals surface area contributed by atoms with Gasteiger partial charge >= 0.3 is 18.0 Å². The minimum absolute atomic E-state index is 0.554. The van der Waals surface area contributed by atoms with Gasteiger partial charge in [0, 0.05) is 10.3 Å². The fraction of sp³-hybridized carbons (Fsp3) is 0.632. The highest BCUT2D eigenvalue weighted by atomic mass is 32.1. The second-order valence-electron chi connectivity index (χ2n) is 8.78. The molecule has 9 heteroatoms. The quantitative estimate of drug-likeness (QED) is 0.711. The number of cyclic esters (lactones) is 1. The van der Waals surface area contributed by atoms with Crippen LogP contribution in [0.4, 0.5) is 4.79 Å². The molecule has 1 aliphatic heterocycles. The molecule has 2 N–H and O–H groups in total. The van der Waals surface area contributed by atoms with Crippen LogP contribution in [0, 0.1) is 5.41 Å². The summed E-state index contributed by atoms with van der Waals surface area (Å²) in [5, 5.41) is 13.9. The number of hydrogen-bond donors (Lipinski definition) is 2. The molecule has 2 rings (SSSR count). The summed E-state index contributed by atoms with van der Waals surface area (Å²) >= 11 is 1.26. The van der Waals surface area contributed by atoms with E-state index in [0.29, 0.717) is 4.88 Å². The Morgan fingerprint density at radius 3 is 2.39 bits per heavy atom. The Morgan fingerprint density at radius 1 is 1.32 bits per heavy atom. The van der Waals surface area contributed by atoms with Crippen LogP contribution in [0.2, 0.25) is 0 Å². The third-order valence-electron chi connectivity index (χ3n) is 3.95. The topological polar surface area (TPSA) is 111 Å². The van der Waals surface area contributed by atoms with Crippen molar-refractivity contribution in [1.82, 2.24) is 5.32 Å². The first-order valence-corrected chi connectivity index (χ1v) is 9.76. The van der Waals surface area contributed by atoms with E-state index in [1.165, 1.54) is 11.3 Å². The van der Waals surface area contributed by atoms with Crippen molar-refractivity contribution in [3.63, 3.8) is 0 Å². The second kappa shape index (κ2) is 7.71. The molecule has 1 aliphatic rings. The molecule has 1 saturated heterocycles. The predicted octanol–water partition coefficient (Wildman–Crippen LogP) is 3.47. The van der Waals surface area contributed by atoms with E-state index in [9.17, 15) is 19.5 Å². The third-order valence-corrected chi connectivity index (χ3v) is 4.89. The highest BCUT2D eigenvalue weighted by Gasteiger charge is 2.60. The Balaban J connectivity index is 2.47. The standard InChI is InChI=1S/C19H27NO7S/c1-17(2,3)15-25-14(23)19(26-15,10-12(21)22)13(11-8-7-9-28-11)20-16(24)27-18(4,5)6/h7-9,13,15H,10H2,1-6H3,(H,20,24)(H,21,22)/t13-,15+,19+/m0/s1. The van der Waals surface area contributed by atoms with Gasteiger partial charge < -0.3 is 24.6 Å². The summed E-state index contributed by atoms with van der Waals surface area (Å²) in [6.07, 6.45) is -2.41. The predicted molar refractivity (Wildman–Crippen MR) is 102 cm³/mol. The Bertz CT molecular complexity index is 732. The van der Waals surface area contributed by atoms with Crippen LogP contribution < -0.4 is 5.32 Å². The lowest BCUT2D eigenvalue weighted by molar-refractivity contribution is -0.165. The summed E-state index contributed by atoms with van der Waals surface area (Å²) in [6.45, 7) is 10.5. The van der Waals surface area contributed by atoms with Gasteiger partial charge in [0.05, 0.1) is 6.42 Å². The first-order chi connectivity index (χ1) is 12.7. The molecule has 0 unspecified atom stereocenters. The molecule has 1 aromatic heterocycles. The van der Waals surface area contributed by atoms with Crippen molar-refractivity contribution in [3.8, 4) is 0 Å². The molecule has 1 amide bonds. The number of amides is 1. The molecule has 156 valence electrons. The number of rotatable bonds is 5. The summed E-state index contributed by atoms with van der Waals surface area (Å²) in [6, 6.07) is 2.34. The van der Waals surface area contributed by atoms with Crippen molar-refractivity contribution in [3.05, 3.63) is 22.4 Å². The monoisotopic (exact) mass is 413 g/mol. The van der Waals surface area contributed by atoms with Gasteiger partial charge in [-0.1, -0.05) is 26.8 Å². The van der Waals surface area contributed by atoms with Crippen LogP contribution in [0.25, 0.3) is 0 Å². The Morgan fingerprint density at radius 2 is 1.96 bits per heavy atom. The molecular weight excluding hydrogens is 386 g/mol. The number of esters is 1. The number of carboxylic acid groups (broad SMARTS) is 1. The summed E-state index contributed by atoms with van der Waals surface area (Å²) < 4.78 is 16.6. The van der Waals surface area contributed by atoms with E-state index in [1.807, 2.05) is 20.8 Å². The number of hydrogen-bond acceptors (Lipinski definition) is 7. The Kier molecular flexibility index (Phi) is 6.10. The van der Waals surface area contributed by atoms with Gasteiger partial charge in [0.2, 0.25) is 11.9 Å². The number of carbonyl (C=O) groups excluding carboxylic acids is 2. The zero-order valence-corrected chi connectivity index (χ0v) is 17.7. The number of thiophene rings is 1. The molecule has 2 heterocycles. The average molecular weight is 413 g/mol. The fourth-order valence-electron chi connectivity index (χ4n) is 2.74. The Labute approximate surface area is 168 Å². The first-order valence-electron chi connectivity index (χ1n) is 8.88. The number of ether oxygens (including phenoxy) is 3. The molecule has 0 saturated carbocycles. The zero-order chi connectivity index (χ0) is 21.3. The van der Waals surface area contributed by atoms with E-state index in [4.69, 9.17) is 14.2 Å². The van der Waals surface area contributed by atoms with Crippen molar-refractivity contribution >= 4 is 29.4 Å². The van der Waals surface area contributed by atoms with E-state index in [0.717, 1.165) is 0 Å². The molecule has 3 atom stereocenters. The number of carbonyl (C=O) groups is 3. The van der Waals surface area contributed by atoms with E-state index < -0.39 is 53.4 Å². The summed E-state index contributed by atoms with van der Waals surface area (Å²) in [7, 11) is 0. The summed E-state index contributed by atoms with van der Waals surface area (Å²) in [5.74, 6) is -2.08. The van der Waals surface area contributed by atoms with Gasteiger partial charge in [0.25, 0.3) is 0 Å². The first kappa shape index (κ1) is 22.2. The average Bonchev–Trinajstić information content (AvgIpc) is 3.11. The van der Waals surface area contributed by atoms with Crippen LogP contribution in [0.1, 0.15) is 58.9 Å². The molecule has 8 nitrogen and oxygen atoms in total. The van der Waals surface area contributed by atoms with Crippen LogP contribution in [0.3, 0.4) is 0 Å². The van der Waals surface area contributed by atoms with Gasteiger partial charge in [0.1, 0.15) is 11.6 Å². The molecule has 0 radical (unpaired) electrons. The molecule has 0 spiro atoms. The third kappa shape index (κ3) is 5.02. The fourth-order valence-corrected chi connectivity index (χ4v) is 3.60. The number of nitrogens with one attached hydrogen (secondary N) is 1. The maximum absolute atomic E-state index is 12.9. The zero-order valence-electron chi connectivity index (χ0n) is 16.9. The van der Waals surface area contributed by atoms with Crippen LogP contribution in [-0.2, 0) is 23.8 Å². The number of alkyl carbamates (subject to hydrolysis) is 1. The lowest BCUT2D eigenvalue weighted by Crippen LogP contribution is -2.52. The van der Waals surface area contributed by atoms with Crippen LogP contribution in [0.15, 0.2) is 17.5 Å². The van der Waals surface area contributed by atoms with Crippen molar-refractivity contribution in [2.24, 2.45) is 5.41 Å². The minimum Gasteiger partial charge on any atom is -0.481 e. The number of aliphatic carboxylic acids is 1. The van der Waals surface area contributed by atoms with E-state index in [2.05, 4.69) is 5.32 Å². The smallest absolute Gasteiger partial charge is 0.408 e. The molecule has 1 aromatic rings. The highest BCUT2D eigenvalue weighted by molar-refractivity contribution is 7.10. The largest absolute Gasteiger partial charge is 0.481 e. The maximum atomic E-state index is 12.9. The van der Waals surface area contributed by atoms with E-state index in [-0.39, 0.29) is 0 Å². The van der Waals surface area contributed by atoms with Gasteiger partial charge in [-0.2, -0.15) is 0 Å². The lowest BCUT2D eigenvalue weighted by Gasteiger charge is -2.34. The van der Waals surface area contributed by atoms with Crippen LogP contribution in [0.5, 0.6) is 0 Å². The van der Waals surface area contributed by atoms with Gasteiger partial charge in [-0.25, -0.2) is 9.59 Å². The van der Waals surface area contributed by atoms with Crippen molar-refractivity contribution in [2.75, 3.05) is 0 Å². The van der Waals surface area contributed by atoms with Crippen LogP contribution in [-0.4, -0.2) is 40.6 Å². The van der Waals surface area contributed by atoms with E-state index in [1.54, 1.807) is 38.3 Å². The Hall–Kier alpha value is -2.13. The molecule has 0 aliphatic carbocycles. The summed E-state index contributed by atoms with van der Waals surface area (Å²) in [5.41, 5.74) is -3.26. The molecule has 0 aromatic carbocycles. The van der Waals surface area contributed by atoms with Crippen molar-refractivity contribution < 1.29 is 33.7 Å². The minimum atomic E-state index is -1.91. The molecule has 28 heavy (non-hydrogen) atoms. The maximum Gasteiger partial charge on any atom is 0.408 e. The highest BCUT2D eigenvalue weighted by Crippen LogP contribution is 2.44. The molecule has 0 bridgehead atoms. The number of carboxylic acids is 1. The van der Waals surface area contributed by atoms with Crippen LogP contribution >= 0.6 is 11.3 Å². The van der Waals surface area contributed by atoms with Crippen molar-refractivity contribution in [1.29, 1.82) is 0 Å².